The van der Waals surface area contributed by atoms with Crippen molar-refractivity contribution in [2.45, 2.75) is 18.9 Å². The number of benzene rings is 1. The second-order valence-corrected chi connectivity index (χ2v) is 6.90. The number of likely N-dealkylation sites (tertiary alicyclic amines) is 1. The Morgan fingerprint density at radius 1 is 1.27 bits per heavy atom. The van der Waals surface area contributed by atoms with Gasteiger partial charge in [-0.05, 0) is 52.9 Å². The highest BCUT2D eigenvalue weighted by Gasteiger charge is 2.29. The molecule has 1 aliphatic rings. The number of nitrogens with one attached hydrogen (secondary N) is 2. The zero-order chi connectivity index (χ0) is 15.4. The first-order valence-corrected chi connectivity index (χ1v) is 8.73. The molecule has 116 valence electrons. The fourth-order valence-electron chi connectivity index (χ4n) is 3.04. The molecule has 1 aromatic carbocycles. The zero-order valence-corrected chi connectivity index (χ0v) is 14.5. The standard InChI is InChI=1S/C17H19IN2O2/c18-14-6-3-5-13(11-14)17(21)19-12-15(16-7-4-10-22-16)20-8-1-2-9-20/h3-7,10-11,15H,1-2,8-9,12H2,(H,19,21)/p+1/t15-/m0/s1. The number of carbonyl (C=O) groups excluding carboxylic acids is 1. The summed E-state index contributed by atoms with van der Waals surface area (Å²) in [7, 11) is 0. The lowest BCUT2D eigenvalue weighted by Crippen LogP contribution is -3.11. The minimum absolute atomic E-state index is 0.0198. The monoisotopic (exact) mass is 411 g/mol. The Labute approximate surface area is 144 Å². The van der Waals surface area contributed by atoms with Gasteiger partial charge in [0.1, 0.15) is 0 Å². The van der Waals surface area contributed by atoms with Gasteiger partial charge in [-0.15, -0.1) is 0 Å². The molecular weight excluding hydrogens is 391 g/mol. The summed E-state index contributed by atoms with van der Waals surface area (Å²) in [5.74, 6) is 0.938. The molecule has 5 heteroatoms. The average molecular weight is 411 g/mol. The van der Waals surface area contributed by atoms with Crippen LogP contribution in [0.1, 0.15) is 35.0 Å². The van der Waals surface area contributed by atoms with E-state index in [4.69, 9.17) is 4.42 Å². The van der Waals surface area contributed by atoms with Gasteiger partial charge in [0.15, 0.2) is 11.8 Å². The number of amides is 1. The molecular formula is C17H20IN2O2+. The molecule has 2 aromatic rings. The quantitative estimate of drug-likeness (QED) is 0.740. The SMILES string of the molecule is O=C(NC[C@@H](c1ccco1)[NH+]1CCCC1)c1cccc(I)c1. The van der Waals surface area contributed by atoms with Crippen molar-refractivity contribution in [3.8, 4) is 0 Å². The van der Waals surface area contributed by atoms with Crippen molar-refractivity contribution in [1.82, 2.24) is 5.32 Å². The number of quaternary nitrogens is 1. The number of furan rings is 1. The molecule has 22 heavy (non-hydrogen) atoms. The lowest BCUT2D eigenvalue weighted by Gasteiger charge is -2.23. The third kappa shape index (κ3) is 3.70. The van der Waals surface area contributed by atoms with Gasteiger partial charge in [-0.1, -0.05) is 6.07 Å². The first-order chi connectivity index (χ1) is 10.7. The lowest BCUT2D eigenvalue weighted by molar-refractivity contribution is -0.919. The molecule has 1 saturated heterocycles. The Balaban J connectivity index is 1.67. The average Bonchev–Trinajstić information content (AvgIpc) is 3.21. The number of carbonyl (C=O) groups is 1. The Bertz CT molecular complexity index is 621. The van der Waals surface area contributed by atoms with E-state index in [0.29, 0.717) is 12.1 Å². The van der Waals surface area contributed by atoms with Gasteiger partial charge in [0.2, 0.25) is 0 Å². The number of hydrogen-bond donors (Lipinski definition) is 2. The van der Waals surface area contributed by atoms with Gasteiger partial charge in [-0.3, -0.25) is 4.79 Å². The van der Waals surface area contributed by atoms with Crippen LogP contribution in [0.5, 0.6) is 0 Å². The second kappa shape index (κ2) is 7.28. The van der Waals surface area contributed by atoms with Crippen molar-refractivity contribution in [2.24, 2.45) is 0 Å². The van der Waals surface area contributed by atoms with Gasteiger partial charge < -0.3 is 14.6 Å². The van der Waals surface area contributed by atoms with E-state index in [1.165, 1.54) is 17.7 Å². The van der Waals surface area contributed by atoms with E-state index >= 15 is 0 Å². The molecule has 1 aliphatic heterocycles. The second-order valence-electron chi connectivity index (χ2n) is 5.65. The van der Waals surface area contributed by atoms with Crippen LogP contribution in [0.25, 0.3) is 0 Å². The predicted octanol–water partition coefficient (Wildman–Crippen LogP) is 2.03. The van der Waals surface area contributed by atoms with Crippen LogP contribution in [-0.2, 0) is 0 Å². The summed E-state index contributed by atoms with van der Waals surface area (Å²) in [5.41, 5.74) is 0.710. The van der Waals surface area contributed by atoms with Gasteiger partial charge >= 0.3 is 0 Å². The highest BCUT2D eigenvalue weighted by molar-refractivity contribution is 14.1. The Hall–Kier alpha value is -1.34. The third-order valence-corrected chi connectivity index (χ3v) is 4.85. The molecule has 3 rings (SSSR count). The Morgan fingerprint density at radius 3 is 2.77 bits per heavy atom. The number of rotatable bonds is 5. The lowest BCUT2D eigenvalue weighted by atomic mass is 10.1. The molecule has 1 fully saturated rings. The maximum absolute atomic E-state index is 12.3. The van der Waals surface area contributed by atoms with Crippen molar-refractivity contribution >= 4 is 28.5 Å². The summed E-state index contributed by atoms with van der Waals surface area (Å²) in [6.07, 6.45) is 4.20. The summed E-state index contributed by atoms with van der Waals surface area (Å²) in [6.45, 7) is 2.89. The summed E-state index contributed by atoms with van der Waals surface area (Å²) in [4.78, 5) is 13.8. The van der Waals surface area contributed by atoms with E-state index in [-0.39, 0.29) is 11.9 Å². The molecule has 0 unspecified atom stereocenters. The number of hydrogen-bond acceptors (Lipinski definition) is 2. The maximum atomic E-state index is 12.3. The fourth-order valence-corrected chi connectivity index (χ4v) is 3.58. The molecule has 2 heterocycles. The van der Waals surface area contributed by atoms with Crippen molar-refractivity contribution in [1.29, 1.82) is 0 Å². The van der Waals surface area contributed by atoms with Crippen molar-refractivity contribution in [2.75, 3.05) is 19.6 Å². The van der Waals surface area contributed by atoms with E-state index in [1.807, 2.05) is 36.4 Å². The van der Waals surface area contributed by atoms with Crippen molar-refractivity contribution in [3.63, 3.8) is 0 Å². The first-order valence-electron chi connectivity index (χ1n) is 7.66. The van der Waals surface area contributed by atoms with E-state index in [9.17, 15) is 4.79 Å². The van der Waals surface area contributed by atoms with Crippen LogP contribution in [0.3, 0.4) is 0 Å². The molecule has 1 atom stereocenters. The fraction of sp³-hybridized carbons (Fsp3) is 0.353. The van der Waals surface area contributed by atoms with Crippen LogP contribution in [0.15, 0.2) is 47.1 Å². The van der Waals surface area contributed by atoms with Crippen LogP contribution in [0.4, 0.5) is 0 Å². The Kier molecular flexibility index (Phi) is 5.15. The molecule has 0 saturated carbocycles. The minimum Gasteiger partial charge on any atom is -0.463 e. The van der Waals surface area contributed by atoms with Crippen LogP contribution in [0, 0.1) is 3.57 Å². The zero-order valence-electron chi connectivity index (χ0n) is 12.3. The molecule has 4 nitrogen and oxygen atoms in total. The molecule has 0 bridgehead atoms. The summed E-state index contributed by atoms with van der Waals surface area (Å²) >= 11 is 2.22. The predicted molar refractivity (Wildman–Crippen MR) is 92.9 cm³/mol. The van der Waals surface area contributed by atoms with Gasteiger partial charge in [0.25, 0.3) is 5.91 Å². The molecule has 2 N–H and O–H groups in total. The van der Waals surface area contributed by atoms with E-state index < -0.39 is 0 Å². The Morgan fingerprint density at radius 2 is 2.09 bits per heavy atom. The molecule has 1 amide bonds. The van der Waals surface area contributed by atoms with E-state index in [2.05, 4.69) is 27.9 Å². The van der Waals surface area contributed by atoms with Crippen LogP contribution in [-0.4, -0.2) is 25.5 Å². The first kappa shape index (κ1) is 15.6. The summed E-state index contributed by atoms with van der Waals surface area (Å²) in [5, 5.41) is 3.07. The van der Waals surface area contributed by atoms with Gasteiger partial charge in [-0.2, -0.15) is 0 Å². The topological polar surface area (TPSA) is 46.7 Å². The summed E-state index contributed by atoms with van der Waals surface area (Å²) in [6, 6.07) is 11.8. The minimum atomic E-state index is -0.0198. The van der Waals surface area contributed by atoms with Crippen molar-refractivity contribution < 1.29 is 14.1 Å². The van der Waals surface area contributed by atoms with Gasteiger partial charge in [0, 0.05) is 22.0 Å². The molecule has 0 aliphatic carbocycles. The largest absolute Gasteiger partial charge is 0.463 e. The van der Waals surface area contributed by atoms with Crippen LogP contribution >= 0.6 is 22.6 Å². The van der Waals surface area contributed by atoms with Gasteiger partial charge in [-0.25, -0.2) is 0 Å². The number of halogens is 1. The van der Waals surface area contributed by atoms with Gasteiger partial charge in [0.05, 0.1) is 25.9 Å². The third-order valence-electron chi connectivity index (χ3n) is 4.18. The van der Waals surface area contributed by atoms with Crippen LogP contribution < -0.4 is 10.2 Å². The molecule has 0 spiro atoms. The maximum Gasteiger partial charge on any atom is 0.251 e. The van der Waals surface area contributed by atoms with E-state index in [1.54, 1.807) is 6.26 Å². The molecule has 0 radical (unpaired) electrons. The van der Waals surface area contributed by atoms with Crippen LogP contribution in [0.2, 0.25) is 0 Å². The smallest absolute Gasteiger partial charge is 0.251 e. The highest BCUT2D eigenvalue weighted by atomic mass is 127. The summed E-state index contributed by atoms with van der Waals surface area (Å²) < 4.78 is 6.66. The van der Waals surface area contributed by atoms with E-state index in [0.717, 1.165) is 22.4 Å². The normalized spacial score (nSPS) is 16.6. The highest BCUT2D eigenvalue weighted by Crippen LogP contribution is 2.12. The van der Waals surface area contributed by atoms with Crippen molar-refractivity contribution in [3.05, 3.63) is 57.6 Å². The molecule has 1 aromatic heterocycles.